The predicted molar refractivity (Wildman–Crippen MR) is 118 cm³/mol. The van der Waals surface area contributed by atoms with Gasteiger partial charge in [-0.2, -0.15) is 0 Å². The molecule has 0 spiro atoms. The molecule has 2 saturated heterocycles. The lowest BCUT2D eigenvalue weighted by molar-refractivity contribution is -0.133. The Labute approximate surface area is 184 Å². The molecule has 10 heteroatoms. The summed E-state index contributed by atoms with van der Waals surface area (Å²) in [6, 6.07) is 3.36. The van der Waals surface area contributed by atoms with Crippen molar-refractivity contribution in [2.24, 2.45) is 0 Å². The van der Waals surface area contributed by atoms with Gasteiger partial charge in [0.2, 0.25) is 5.91 Å². The van der Waals surface area contributed by atoms with Crippen molar-refractivity contribution in [2.75, 3.05) is 49.5 Å². The van der Waals surface area contributed by atoms with E-state index in [9.17, 15) is 9.90 Å². The maximum atomic E-state index is 11.6. The zero-order valence-corrected chi connectivity index (χ0v) is 17.8. The van der Waals surface area contributed by atoms with E-state index < -0.39 is 0 Å². The Hall–Kier alpha value is -2.55. The van der Waals surface area contributed by atoms with Crippen molar-refractivity contribution in [1.29, 1.82) is 0 Å². The number of halogens is 2. The van der Waals surface area contributed by atoms with Crippen molar-refractivity contribution in [2.45, 2.75) is 6.04 Å². The van der Waals surface area contributed by atoms with E-state index in [4.69, 9.17) is 23.2 Å². The molecule has 0 saturated carbocycles. The normalized spacial score (nSPS) is 17.5. The molecule has 158 valence electrons. The molecular formula is C20H22Cl2N6O2. The third kappa shape index (κ3) is 4.16. The summed E-state index contributed by atoms with van der Waals surface area (Å²) in [5.41, 5.74) is 1.10. The van der Waals surface area contributed by atoms with Crippen molar-refractivity contribution in [1.82, 2.24) is 19.8 Å². The molecule has 1 aromatic carbocycles. The van der Waals surface area contributed by atoms with Crippen molar-refractivity contribution in [3.63, 3.8) is 0 Å². The lowest BCUT2D eigenvalue weighted by Gasteiger charge is -2.48. The molecule has 30 heavy (non-hydrogen) atoms. The number of nitrogens with zero attached hydrogens (tertiary/aromatic N) is 5. The van der Waals surface area contributed by atoms with Gasteiger partial charge in [-0.25, -0.2) is 9.97 Å². The van der Waals surface area contributed by atoms with E-state index in [-0.39, 0.29) is 16.7 Å². The van der Waals surface area contributed by atoms with Crippen LogP contribution in [0.1, 0.15) is 0 Å². The first-order valence-electron chi connectivity index (χ1n) is 9.61. The van der Waals surface area contributed by atoms with E-state index in [2.05, 4.69) is 31.7 Å². The number of amides is 1. The van der Waals surface area contributed by atoms with Crippen LogP contribution in [0.15, 0.2) is 37.3 Å². The molecule has 1 amide bonds. The average Bonchev–Trinajstić information content (AvgIpc) is 2.72. The number of carbonyl (C=O) groups is 1. The van der Waals surface area contributed by atoms with Crippen LogP contribution in [0.5, 0.6) is 5.75 Å². The number of hydrogen-bond donors (Lipinski definition) is 2. The zero-order chi connectivity index (χ0) is 21.3. The molecule has 2 aromatic rings. The number of nitrogens with one attached hydrogen (secondary N) is 1. The highest BCUT2D eigenvalue weighted by Crippen LogP contribution is 2.36. The minimum atomic E-state index is -0.00727. The van der Waals surface area contributed by atoms with E-state index >= 15 is 0 Å². The predicted octanol–water partition coefficient (Wildman–Crippen LogP) is 2.75. The molecule has 8 nitrogen and oxygen atoms in total. The highest BCUT2D eigenvalue weighted by molar-refractivity contribution is 6.42. The van der Waals surface area contributed by atoms with Gasteiger partial charge in [0.15, 0.2) is 5.82 Å². The van der Waals surface area contributed by atoms with Crippen molar-refractivity contribution in [3.8, 4) is 5.75 Å². The molecule has 0 radical (unpaired) electrons. The fourth-order valence-electron chi connectivity index (χ4n) is 3.74. The third-order valence-corrected chi connectivity index (χ3v) is 6.20. The number of phenolic OH excluding ortho intramolecular Hbond substituents is 1. The van der Waals surface area contributed by atoms with Gasteiger partial charge in [-0.15, -0.1) is 0 Å². The van der Waals surface area contributed by atoms with Gasteiger partial charge in [-0.3, -0.25) is 9.69 Å². The van der Waals surface area contributed by atoms with Crippen LogP contribution in [0.2, 0.25) is 10.0 Å². The maximum absolute atomic E-state index is 11.6. The Morgan fingerprint density at radius 3 is 2.57 bits per heavy atom. The summed E-state index contributed by atoms with van der Waals surface area (Å²) in [6.07, 6.45) is 4.54. The monoisotopic (exact) mass is 448 g/mol. The molecule has 0 aliphatic carbocycles. The van der Waals surface area contributed by atoms with Gasteiger partial charge in [0.25, 0.3) is 0 Å². The van der Waals surface area contributed by atoms with Crippen LogP contribution in [0.3, 0.4) is 0 Å². The summed E-state index contributed by atoms with van der Waals surface area (Å²) in [5, 5.41) is 14.0. The number of phenols is 1. The van der Waals surface area contributed by atoms with E-state index in [0.29, 0.717) is 22.4 Å². The SMILES string of the molecule is C=CC(=O)N1CC(N2CCN(c3ncncc3Nc3cc(Cl)c(Cl)cc3O)CC2)C1. The molecule has 2 aliphatic heterocycles. The van der Waals surface area contributed by atoms with Gasteiger partial charge < -0.3 is 20.2 Å². The smallest absolute Gasteiger partial charge is 0.246 e. The van der Waals surface area contributed by atoms with Gasteiger partial charge >= 0.3 is 0 Å². The maximum Gasteiger partial charge on any atom is 0.246 e. The number of aromatic hydroxyl groups is 1. The van der Waals surface area contributed by atoms with Crippen LogP contribution >= 0.6 is 23.2 Å². The first-order valence-corrected chi connectivity index (χ1v) is 10.4. The Morgan fingerprint density at radius 1 is 1.17 bits per heavy atom. The van der Waals surface area contributed by atoms with Crippen LogP contribution in [-0.4, -0.2) is 76.1 Å². The summed E-state index contributed by atoms with van der Waals surface area (Å²) in [7, 11) is 0. The summed E-state index contributed by atoms with van der Waals surface area (Å²) in [4.78, 5) is 26.6. The van der Waals surface area contributed by atoms with E-state index in [1.807, 2.05) is 0 Å². The fourth-order valence-corrected chi connectivity index (χ4v) is 4.06. The van der Waals surface area contributed by atoms with Crippen LogP contribution in [0, 0.1) is 0 Å². The van der Waals surface area contributed by atoms with Crippen molar-refractivity contribution < 1.29 is 9.90 Å². The molecule has 0 atom stereocenters. The van der Waals surface area contributed by atoms with Gasteiger partial charge in [0, 0.05) is 51.4 Å². The Morgan fingerprint density at radius 2 is 1.87 bits per heavy atom. The summed E-state index contributed by atoms with van der Waals surface area (Å²) in [6.45, 7) is 8.39. The number of piperazine rings is 1. The van der Waals surface area contributed by atoms with E-state index in [1.165, 1.54) is 18.5 Å². The lowest BCUT2D eigenvalue weighted by atomic mass is 10.1. The topological polar surface area (TPSA) is 84.8 Å². The Balaban J connectivity index is 1.41. The first-order chi connectivity index (χ1) is 14.5. The standard InChI is InChI=1S/C20H22Cl2N6O2/c1-2-19(30)28-10-13(11-28)26-3-5-27(6-4-26)20-17(9-23-12-24-20)25-16-7-14(21)15(22)8-18(16)29/h2,7-9,12-13,25,29H,1,3-6,10-11H2. The zero-order valence-electron chi connectivity index (χ0n) is 16.3. The van der Waals surface area contributed by atoms with Gasteiger partial charge in [0.05, 0.1) is 21.9 Å². The Kier molecular flexibility index (Phi) is 5.99. The second kappa shape index (κ2) is 8.67. The quantitative estimate of drug-likeness (QED) is 0.537. The van der Waals surface area contributed by atoms with Crippen molar-refractivity contribution >= 4 is 46.3 Å². The number of anilines is 3. The summed E-state index contributed by atoms with van der Waals surface area (Å²) in [5.74, 6) is 0.743. The average molecular weight is 449 g/mol. The second-order valence-electron chi connectivity index (χ2n) is 7.29. The molecule has 2 aliphatic rings. The number of hydrogen-bond acceptors (Lipinski definition) is 7. The summed E-state index contributed by atoms with van der Waals surface area (Å²) < 4.78 is 0. The van der Waals surface area contributed by atoms with Crippen molar-refractivity contribution in [3.05, 3.63) is 47.4 Å². The van der Waals surface area contributed by atoms with Gasteiger partial charge in [-0.1, -0.05) is 29.8 Å². The third-order valence-electron chi connectivity index (χ3n) is 5.48. The highest BCUT2D eigenvalue weighted by atomic mass is 35.5. The molecule has 0 unspecified atom stereocenters. The molecule has 2 N–H and O–H groups in total. The molecule has 0 bridgehead atoms. The van der Waals surface area contributed by atoms with E-state index in [1.54, 1.807) is 17.2 Å². The van der Waals surface area contributed by atoms with Gasteiger partial charge in [0.1, 0.15) is 17.8 Å². The fraction of sp³-hybridized carbons (Fsp3) is 0.350. The number of benzene rings is 1. The number of aromatic nitrogens is 2. The highest BCUT2D eigenvalue weighted by Gasteiger charge is 2.35. The molecule has 4 rings (SSSR count). The minimum absolute atomic E-state index is 0.00682. The number of likely N-dealkylation sites (tertiary alicyclic amines) is 1. The molecule has 2 fully saturated rings. The molecule has 3 heterocycles. The molecular weight excluding hydrogens is 427 g/mol. The number of carbonyl (C=O) groups excluding carboxylic acids is 1. The first kappa shape index (κ1) is 20.7. The van der Waals surface area contributed by atoms with Gasteiger partial charge in [-0.05, 0) is 12.1 Å². The minimum Gasteiger partial charge on any atom is -0.506 e. The molecule has 1 aromatic heterocycles. The lowest BCUT2D eigenvalue weighted by Crippen LogP contribution is -2.64. The summed E-state index contributed by atoms with van der Waals surface area (Å²) >= 11 is 12.0. The number of rotatable bonds is 5. The van der Waals surface area contributed by atoms with E-state index in [0.717, 1.165) is 45.1 Å². The van der Waals surface area contributed by atoms with Crippen LogP contribution in [-0.2, 0) is 4.79 Å². The second-order valence-corrected chi connectivity index (χ2v) is 8.11. The largest absolute Gasteiger partial charge is 0.506 e. The van der Waals surface area contributed by atoms with Crippen LogP contribution in [0.25, 0.3) is 0 Å². The van der Waals surface area contributed by atoms with Crippen LogP contribution < -0.4 is 10.2 Å². The van der Waals surface area contributed by atoms with Crippen LogP contribution in [0.4, 0.5) is 17.2 Å². The Bertz CT molecular complexity index is 958.